The number of rotatable bonds is 4. The van der Waals surface area contributed by atoms with Gasteiger partial charge < -0.3 is 15.0 Å². The molecule has 0 saturated carbocycles. The highest BCUT2D eigenvalue weighted by Crippen LogP contribution is 2.42. The summed E-state index contributed by atoms with van der Waals surface area (Å²) in [5.41, 5.74) is 3.66. The Morgan fingerprint density at radius 1 is 1.08 bits per heavy atom. The molecule has 2 aromatic carbocycles. The van der Waals surface area contributed by atoms with E-state index in [1.807, 2.05) is 6.07 Å². The normalized spacial score (nSPS) is 20.7. The Morgan fingerprint density at radius 3 is 2.69 bits per heavy atom. The molecule has 0 spiro atoms. The number of anilines is 1. The van der Waals surface area contributed by atoms with Crippen molar-refractivity contribution in [2.45, 2.75) is 12.3 Å². The van der Waals surface area contributed by atoms with Crippen LogP contribution in [0.5, 0.6) is 5.75 Å². The van der Waals surface area contributed by atoms with E-state index in [1.165, 1.54) is 23.4 Å². The molecule has 1 saturated heterocycles. The monoisotopic (exact) mass is 355 g/mol. The van der Waals surface area contributed by atoms with Crippen molar-refractivity contribution in [1.29, 1.82) is 0 Å². The summed E-state index contributed by atoms with van der Waals surface area (Å²) in [6, 6.07) is 13.5. The molecule has 4 nitrogen and oxygen atoms in total. The van der Waals surface area contributed by atoms with Crippen LogP contribution >= 0.6 is 0 Å². The number of benzene rings is 2. The van der Waals surface area contributed by atoms with Gasteiger partial charge in [0, 0.05) is 56.0 Å². The number of nitrogens with one attached hydrogen (secondary N) is 1. The topological polar surface area (TPSA) is 27.7 Å². The van der Waals surface area contributed by atoms with Crippen LogP contribution in [0.4, 0.5) is 10.1 Å². The molecule has 1 N–H and O–H groups in total. The number of hydrogen-bond acceptors (Lipinski definition) is 4. The molecule has 2 heterocycles. The van der Waals surface area contributed by atoms with E-state index >= 15 is 0 Å². The van der Waals surface area contributed by atoms with Crippen molar-refractivity contribution in [1.82, 2.24) is 10.2 Å². The molecule has 2 aromatic rings. The van der Waals surface area contributed by atoms with Crippen molar-refractivity contribution in [3.63, 3.8) is 0 Å². The quantitative estimate of drug-likeness (QED) is 0.912. The van der Waals surface area contributed by atoms with Gasteiger partial charge in [-0.2, -0.15) is 0 Å². The Morgan fingerprint density at radius 2 is 1.88 bits per heavy atom. The maximum atomic E-state index is 13.6. The fourth-order valence-electron chi connectivity index (χ4n) is 4.17. The van der Waals surface area contributed by atoms with Crippen molar-refractivity contribution in [3.05, 3.63) is 59.4 Å². The zero-order chi connectivity index (χ0) is 17.9. The van der Waals surface area contributed by atoms with Crippen LogP contribution in [0.25, 0.3) is 0 Å². The zero-order valence-electron chi connectivity index (χ0n) is 15.2. The lowest BCUT2D eigenvalue weighted by molar-refractivity contribution is 0.238. The Bertz CT molecular complexity index is 761. The Labute approximate surface area is 154 Å². The van der Waals surface area contributed by atoms with E-state index < -0.39 is 0 Å². The van der Waals surface area contributed by atoms with Crippen LogP contribution in [-0.4, -0.2) is 51.4 Å². The van der Waals surface area contributed by atoms with Gasteiger partial charge in [0.25, 0.3) is 0 Å². The number of para-hydroxylation sites is 1. The summed E-state index contributed by atoms with van der Waals surface area (Å²) in [7, 11) is 1.61. The third-order valence-electron chi connectivity index (χ3n) is 5.49. The first-order valence-corrected chi connectivity index (χ1v) is 9.36. The maximum Gasteiger partial charge on any atom is 0.126 e. The SMILES string of the molecule is COc1cc(F)ccc1C1CCN(CN2CCNCC2)c2ccccc21. The average Bonchev–Trinajstić information content (AvgIpc) is 2.69. The van der Waals surface area contributed by atoms with E-state index in [9.17, 15) is 4.39 Å². The summed E-state index contributed by atoms with van der Waals surface area (Å²) in [6.07, 6.45) is 1.01. The van der Waals surface area contributed by atoms with E-state index in [4.69, 9.17) is 4.74 Å². The second-order valence-electron chi connectivity index (χ2n) is 7.06. The van der Waals surface area contributed by atoms with E-state index in [1.54, 1.807) is 7.11 Å². The highest BCUT2D eigenvalue weighted by molar-refractivity contribution is 5.60. The molecular formula is C21H26FN3O. The Balaban J connectivity index is 1.63. The number of piperazine rings is 1. The number of fused-ring (bicyclic) bond motifs is 1. The van der Waals surface area contributed by atoms with Crippen LogP contribution in [-0.2, 0) is 0 Å². The van der Waals surface area contributed by atoms with Crippen molar-refractivity contribution >= 4 is 5.69 Å². The third-order valence-corrected chi connectivity index (χ3v) is 5.49. The minimum absolute atomic E-state index is 0.237. The van der Waals surface area contributed by atoms with Gasteiger partial charge in [-0.25, -0.2) is 4.39 Å². The second-order valence-corrected chi connectivity index (χ2v) is 7.06. The molecular weight excluding hydrogens is 329 g/mol. The van der Waals surface area contributed by atoms with Gasteiger partial charge in [-0.15, -0.1) is 0 Å². The molecule has 1 fully saturated rings. The molecule has 4 rings (SSSR count). The molecule has 1 unspecified atom stereocenters. The van der Waals surface area contributed by atoms with Gasteiger partial charge in [-0.05, 0) is 24.1 Å². The smallest absolute Gasteiger partial charge is 0.126 e. The number of nitrogens with zero attached hydrogens (tertiary/aromatic N) is 2. The zero-order valence-corrected chi connectivity index (χ0v) is 15.2. The molecule has 26 heavy (non-hydrogen) atoms. The van der Waals surface area contributed by atoms with E-state index in [-0.39, 0.29) is 11.7 Å². The lowest BCUT2D eigenvalue weighted by Gasteiger charge is -2.40. The molecule has 5 heteroatoms. The molecule has 0 aliphatic carbocycles. The summed E-state index contributed by atoms with van der Waals surface area (Å²) in [4.78, 5) is 4.99. The predicted octanol–water partition coefficient (Wildman–Crippen LogP) is 3.04. The van der Waals surface area contributed by atoms with E-state index in [0.29, 0.717) is 5.75 Å². The van der Waals surface area contributed by atoms with Crippen LogP contribution in [0.1, 0.15) is 23.5 Å². The first kappa shape index (κ1) is 17.3. The van der Waals surface area contributed by atoms with Gasteiger partial charge >= 0.3 is 0 Å². The predicted molar refractivity (Wildman–Crippen MR) is 103 cm³/mol. The van der Waals surface area contributed by atoms with Crippen LogP contribution in [0, 0.1) is 5.82 Å². The summed E-state index contributed by atoms with van der Waals surface area (Å²) >= 11 is 0. The number of halogens is 1. The highest BCUT2D eigenvalue weighted by Gasteiger charge is 2.29. The summed E-state index contributed by atoms with van der Waals surface area (Å²) in [5, 5.41) is 3.41. The molecule has 0 aromatic heterocycles. The number of ether oxygens (including phenoxy) is 1. The van der Waals surface area contributed by atoms with Crippen molar-refractivity contribution < 1.29 is 9.13 Å². The number of hydrogen-bond donors (Lipinski definition) is 1. The summed E-state index contributed by atoms with van der Waals surface area (Å²) in [6.45, 7) is 6.26. The maximum absolute atomic E-state index is 13.6. The minimum Gasteiger partial charge on any atom is -0.496 e. The molecule has 0 amide bonds. The molecule has 2 aliphatic rings. The number of methoxy groups -OCH3 is 1. The van der Waals surface area contributed by atoms with Gasteiger partial charge in [0.2, 0.25) is 0 Å². The first-order valence-electron chi connectivity index (χ1n) is 9.36. The molecule has 138 valence electrons. The molecule has 1 atom stereocenters. The van der Waals surface area contributed by atoms with E-state index in [0.717, 1.165) is 51.4 Å². The lowest BCUT2D eigenvalue weighted by atomic mass is 9.84. The minimum atomic E-state index is -0.255. The molecule has 0 bridgehead atoms. The van der Waals surface area contributed by atoms with Gasteiger partial charge in [-0.1, -0.05) is 24.3 Å². The van der Waals surface area contributed by atoms with Gasteiger partial charge in [0.1, 0.15) is 11.6 Å². The molecule has 0 radical (unpaired) electrons. The summed E-state index contributed by atoms with van der Waals surface area (Å²) < 4.78 is 19.1. The fourth-order valence-corrected chi connectivity index (χ4v) is 4.17. The Kier molecular flexibility index (Phi) is 5.09. The van der Waals surface area contributed by atoms with Crippen LogP contribution < -0.4 is 15.0 Å². The van der Waals surface area contributed by atoms with E-state index in [2.05, 4.69) is 39.4 Å². The third kappa shape index (κ3) is 3.41. The lowest BCUT2D eigenvalue weighted by Crippen LogP contribution is -2.49. The Hall–Kier alpha value is -2.11. The van der Waals surface area contributed by atoms with Crippen LogP contribution in [0.15, 0.2) is 42.5 Å². The highest BCUT2D eigenvalue weighted by atomic mass is 19.1. The first-order chi connectivity index (χ1) is 12.8. The molecule has 2 aliphatic heterocycles. The van der Waals surface area contributed by atoms with Crippen LogP contribution in [0.2, 0.25) is 0 Å². The van der Waals surface area contributed by atoms with Crippen LogP contribution in [0.3, 0.4) is 0 Å². The average molecular weight is 355 g/mol. The standard InChI is InChI=1S/C21H26FN3O/c1-26-21-14-16(22)6-7-19(21)17-8-11-25(15-24-12-9-23-10-13-24)20-5-3-2-4-18(17)20/h2-7,14,17,23H,8-13,15H2,1H3. The van der Waals surface area contributed by atoms with Crippen molar-refractivity contribution in [2.24, 2.45) is 0 Å². The second kappa shape index (κ2) is 7.64. The van der Waals surface area contributed by atoms with Crippen molar-refractivity contribution in [3.8, 4) is 5.75 Å². The van der Waals surface area contributed by atoms with Crippen molar-refractivity contribution in [2.75, 3.05) is 51.4 Å². The van der Waals surface area contributed by atoms with Gasteiger partial charge in [0.15, 0.2) is 0 Å². The van der Waals surface area contributed by atoms with Gasteiger partial charge in [-0.3, -0.25) is 4.90 Å². The summed E-state index contributed by atoms with van der Waals surface area (Å²) in [5.74, 6) is 0.622. The largest absolute Gasteiger partial charge is 0.496 e. The fraction of sp³-hybridized carbons (Fsp3) is 0.429. The van der Waals surface area contributed by atoms with Gasteiger partial charge in [0.05, 0.1) is 13.8 Å².